The summed E-state index contributed by atoms with van der Waals surface area (Å²) in [5.41, 5.74) is 3.26. The summed E-state index contributed by atoms with van der Waals surface area (Å²) >= 11 is 1.62. The zero-order chi connectivity index (χ0) is 18.8. The molecule has 1 unspecified atom stereocenters. The van der Waals surface area contributed by atoms with E-state index in [1.165, 1.54) is 6.08 Å². The summed E-state index contributed by atoms with van der Waals surface area (Å²) in [4.78, 5) is 27.8. The average Bonchev–Trinajstić information content (AvgIpc) is 3.15. The van der Waals surface area contributed by atoms with E-state index in [1.54, 1.807) is 35.6 Å². The Balaban J connectivity index is 1.51. The van der Waals surface area contributed by atoms with E-state index in [0.29, 0.717) is 5.69 Å². The molecule has 4 aromatic rings. The minimum atomic E-state index is -0.109. The summed E-state index contributed by atoms with van der Waals surface area (Å²) in [6.07, 6.45) is 4.90. The van der Waals surface area contributed by atoms with Crippen LogP contribution in [-0.2, 0) is 4.79 Å². The number of nitrogens with zero attached hydrogens (tertiary/aromatic N) is 4. The summed E-state index contributed by atoms with van der Waals surface area (Å²) in [5.74, 6) is -0.100. The molecule has 5 nitrogen and oxygen atoms in total. The fraction of sp³-hybridized carbons (Fsp3) is 0.143. The van der Waals surface area contributed by atoms with Crippen LogP contribution in [0.25, 0.3) is 27.3 Å². The zero-order valence-electron chi connectivity index (χ0n) is 15.0. The first-order valence-electron chi connectivity index (χ1n) is 8.64. The first-order chi connectivity index (χ1) is 13.1. The second-order valence-electron chi connectivity index (χ2n) is 6.26. The Hall–Kier alpha value is -3.12. The largest absolute Gasteiger partial charge is 0.333 e. The van der Waals surface area contributed by atoms with E-state index in [1.807, 2.05) is 55.5 Å². The Labute approximate surface area is 161 Å². The third-order valence-corrected chi connectivity index (χ3v) is 5.67. The van der Waals surface area contributed by atoms with Crippen LogP contribution < -0.4 is 0 Å². The molecule has 134 valence electrons. The number of rotatable bonds is 4. The van der Waals surface area contributed by atoms with Gasteiger partial charge in [0.25, 0.3) is 0 Å². The van der Waals surface area contributed by atoms with E-state index < -0.39 is 0 Å². The van der Waals surface area contributed by atoms with Crippen molar-refractivity contribution in [2.75, 3.05) is 7.05 Å². The van der Waals surface area contributed by atoms with E-state index in [4.69, 9.17) is 0 Å². The van der Waals surface area contributed by atoms with Gasteiger partial charge in [0.2, 0.25) is 5.91 Å². The van der Waals surface area contributed by atoms with Gasteiger partial charge >= 0.3 is 0 Å². The van der Waals surface area contributed by atoms with Gasteiger partial charge in [0.05, 0.1) is 39.2 Å². The fourth-order valence-electron chi connectivity index (χ4n) is 2.75. The Morgan fingerprint density at radius 3 is 2.52 bits per heavy atom. The maximum Gasteiger partial charge on any atom is 0.246 e. The molecule has 1 atom stereocenters. The third kappa shape index (κ3) is 3.57. The summed E-state index contributed by atoms with van der Waals surface area (Å²) in [6.45, 7) is 1.99. The highest BCUT2D eigenvalue weighted by Crippen LogP contribution is 2.28. The highest BCUT2D eigenvalue weighted by atomic mass is 32.1. The number of benzene rings is 2. The van der Waals surface area contributed by atoms with Gasteiger partial charge in [-0.1, -0.05) is 24.3 Å². The lowest BCUT2D eigenvalue weighted by Gasteiger charge is -2.21. The molecule has 0 saturated carbocycles. The molecule has 4 rings (SSSR count). The van der Waals surface area contributed by atoms with E-state index in [2.05, 4.69) is 15.0 Å². The summed E-state index contributed by atoms with van der Waals surface area (Å²) in [7, 11) is 1.79. The SMILES string of the molecule is CC(c1nc2ccccc2s1)N(C)C(=O)C=Cc1cnc2ccccc2n1. The van der Waals surface area contributed by atoms with Gasteiger partial charge < -0.3 is 4.90 Å². The van der Waals surface area contributed by atoms with Crippen molar-refractivity contribution in [2.24, 2.45) is 0 Å². The smallest absolute Gasteiger partial charge is 0.246 e. The van der Waals surface area contributed by atoms with Crippen molar-refractivity contribution in [3.05, 3.63) is 71.5 Å². The van der Waals surface area contributed by atoms with Gasteiger partial charge in [0, 0.05) is 13.1 Å². The number of likely N-dealkylation sites (N-methyl/N-ethyl adjacent to an activating group) is 1. The molecule has 0 aliphatic carbocycles. The number of thiazole rings is 1. The van der Waals surface area contributed by atoms with Gasteiger partial charge in [-0.3, -0.25) is 9.78 Å². The van der Waals surface area contributed by atoms with Crippen molar-refractivity contribution in [1.82, 2.24) is 19.9 Å². The van der Waals surface area contributed by atoms with Gasteiger partial charge in [-0.2, -0.15) is 0 Å². The zero-order valence-corrected chi connectivity index (χ0v) is 15.9. The average molecular weight is 374 g/mol. The minimum Gasteiger partial charge on any atom is -0.333 e. The van der Waals surface area contributed by atoms with Crippen LogP contribution in [0.5, 0.6) is 0 Å². The number of fused-ring (bicyclic) bond motifs is 2. The molecule has 0 radical (unpaired) electrons. The molecule has 27 heavy (non-hydrogen) atoms. The topological polar surface area (TPSA) is 59.0 Å². The first kappa shape index (κ1) is 17.3. The lowest BCUT2D eigenvalue weighted by atomic mass is 10.2. The second-order valence-corrected chi connectivity index (χ2v) is 7.32. The fourth-order valence-corrected chi connectivity index (χ4v) is 3.81. The molecule has 1 amide bonds. The van der Waals surface area contributed by atoms with Crippen molar-refractivity contribution in [3.63, 3.8) is 0 Å². The van der Waals surface area contributed by atoms with E-state index >= 15 is 0 Å². The maximum atomic E-state index is 12.6. The van der Waals surface area contributed by atoms with Crippen LogP contribution in [0.1, 0.15) is 23.7 Å². The third-order valence-electron chi connectivity index (χ3n) is 4.46. The van der Waals surface area contributed by atoms with E-state index in [9.17, 15) is 4.79 Å². The van der Waals surface area contributed by atoms with Crippen molar-refractivity contribution in [1.29, 1.82) is 0 Å². The number of carbonyl (C=O) groups excluding carboxylic acids is 1. The molecule has 0 bridgehead atoms. The molecule has 0 saturated heterocycles. The predicted molar refractivity (Wildman–Crippen MR) is 109 cm³/mol. The van der Waals surface area contributed by atoms with Crippen LogP contribution in [0.4, 0.5) is 0 Å². The summed E-state index contributed by atoms with van der Waals surface area (Å²) in [6, 6.07) is 15.6. The van der Waals surface area contributed by atoms with Crippen LogP contribution in [-0.4, -0.2) is 32.8 Å². The number of para-hydroxylation sites is 3. The first-order valence-corrected chi connectivity index (χ1v) is 9.45. The van der Waals surface area contributed by atoms with Crippen LogP contribution in [0.2, 0.25) is 0 Å². The number of hydrogen-bond donors (Lipinski definition) is 0. The van der Waals surface area contributed by atoms with Crippen molar-refractivity contribution in [3.8, 4) is 0 Å². The Morgan fingerprint density at radius 1 is 1.04 bits per heavy atom. The Morgan fingerprint density at radius 2 is 1.74 bits per heavy atom. The number of amides is 1. The van der Waals surface area contributed by atoms with Gasteiger partial charge in [-0.05, 0) is 37.3 Å². The standard InChI is InChI=1S/C21H18N4OS/c1-14(21-24-18-9-5-6-10-19(18)27-21)25(2)20(26)12-11-15-13-22-16-7-3-4-8-17(16)23-15/h3-14H,1-2H3. The highest BCUT2D eigenvalue weighted by Gasteiger charge is 2.19. The lowest BCUT2D eigenvalue weighted by Crippen LogP contribution is -2.27. The second kappa shape index (κ2) is 7.25. The van der Waals surface area contributed by atoms with Gasteiger partial charge in [0.15, 0.2) is 0 Å². The molecule has 0 N–H and O–H groups in total. The normalized spacial score (nSPS) is 12.7. The molecule has 0 fully saturated rings. The van der Waals surface area contributed by atoms with Gasteiger partial charge in [-0.25, -0.2) is 9.97 Å². The molecule has 2 aromatic heterocycles. The van der Waals surface area contributed by atoms with Crippen LogP contribution in [0.3, 0.4) is 0 Å². The summed E-state index contributed by atoms with van der Waals surface area (Å²) in [5, 5.41) is 0.922. The number of carbonyl (C=O) groups is 1. The maximum absolute atomic E-state index is 12.6. The molecular weight excluding hydrogens is 356 g/mol. The monoisotopic (exact) mass is 374 g/mol. The minimum absolute atomic E-state index is 0.100. The Bertz CT molecular complexity index is 1120. The molecule has 0 aliphatic heterocycles. The molecule has 0 spiro atoms. The molecule has 2 aromatic carbocycles. The Kier molecular flexibility index (Phi) is 4.64. The quantitative estimate of drug-likeness (QED) is 0.495. The number of aromatic nitrogens is 3. The van der Waals surface area contributed by atoms with Crippen molar-refractivity contribution < 1.29 is 4.79 Å². The van der Waals surface area contributed by atoms with Gasteiger partial charge in [0.1, 0.15) is 5.01 Å². The lowest BCUT2D eigenvalue weighted by molar-refractivity contribution is -0.126. The summed E-state index contributed by atoms with van der Waals surface area (Å²) < 4.78 is 1.13. The van der Waals surface area contributed by atoms with Crippen molar-refractivity contribution in [2.45, 2.75) is 13.0 Å². The molecular formula is C21H18N4OS. The van der Waals surface area contributed by atoms with Gasteiger partial charge in [-0.15, -0.1) is 11.3 Å². The highest BCUT2D eigenvalue weighted by molar-refractivity contribution is 7.18. The molecule has 0 aliphatic rings. The molecule has 6 heteroatoms. The molecule has 2 heterocycles. The van der Waals surface area contributed by atoms with Crippen molar-refractivity contribution >= 4 is 44.6 Å². The van der Waals surface area contributed by atoms with E-state index in [0.717, 1.165) is 26.3 Å². The van der Waals surface area contributed by atoms with Crippen LogP contribution in [0, 0.1) is 0 Å². The van der Waals surface area contributed by atoms with Crippen LogP contribution in [0.15, 0.2) is 60.8 Å². The number of hydrogen-bond acceptors (Lipinski definition) is 5. The predicted octanol–water partition coefficient (Wildman–Crippen LogP) is 4.47. The van der Waals surface area contributed by atoms with Crippen LogP contribution >= 0.6 is 11.3 Å². The van der Waals surface area contributed by atoms with E-state index in [-0.39, 0.29) is 11.9 Å².